The second-order valence-corrected chi connectivity index (χ2v) is 17.7. The zero-order valence-electron chi connectivity index (χ0n) is 38.7. The first-order chi connectivity index (χ1) is 29.7. The van der Waals surface area contributed by atoms with Gasteiger partial charge in [-0.2, -0.15) is 0 Å². The van der Waals surface area contributed by atoms with Crippen LogP contribution in [0.25, 0.3) is 0 Å². The topological polar surface area (TPSA) is 155 Å². The predicted molar refractivity (Wildman–Crippen MR) is 254 cm³/mol. The molecule has 3 atom stereocenters. The summed E-state index contributed by atoms with van der Waals surface area (Å²) in [6.07, 6.45) is 56.0. The molecule has 0 aliphatic carbocycles. The van der Waals surface area contributed by atoms with Gasteiger partial charge in [0.05, 0.1) is 26.4 Å². The molecule has 0 saturated heterocycles. The number of nitrogens with two attached hydrogens (primary N) is 1. The zero-order chi connectivity index (χ0) is 44.8. The Morgan fingerprint density at radius 3 is 1.33 bits per heavy atom. The quantitative estimate of drug-likeness (QED) is 0.0233. The first-order valence-electron chi connectivity index (χ1n) is 24.3. The van der Waals surface area contributed by atoms with Crippen LogP contribution in [-0.2, 0) is 32.7 Å². The fourth-order valence-electron chi connectivity index (χ4n) is 6.61. The number of unbranched alkanes of at least 4 members (excludes halogenated alkanes) is 22. The summed E-state index contributed by atoms with van der Waals surface area (Å²) in [7, 11) is -4.64. The Balaban J connectivity index is 4.20. The average molecular weight is 880 g/mol. The van der Waals surface area contributed by atoms with Gasteiger partial charge in [-0.1, -0.05) is 216 Å². The van der Waals surface area contributed by atoms with Crippen molar-refractivity contribution in [3.63, 3.8) is 0 Å². The van der Waals surface area contributed by atoms with Crippen molar-refractivity contribution < 1.29 is 42.7 Å². The molecule has 11 heteroatoms. The number of carbonyl (C=O) groups is 2. The highest BCUT2D eigenvalue weighted by Crippen LogP contribution is 2.43. The summed E-state index contributed by atoms with van der Waals surface area (Å²) in [4.78, 5) is 33.6. The Morgan fingerprint density at radius 1 is 0.541 bits per heavy atom. The molecule has 0 aromatic rings. The number of carboxylic acids is 1. The van der Waals surface area contributed by atoms with Crippen LogP contribution in [0.5, 0.6) is 0 Å². The van der Waals surface area contributed by atoms with Gasteiger partial charge in [0.15, 0.2) is 0 Å². The average Bonchev–Trinajstić information content (AvgIpc) is 3.24. The molecule has 3 unspecified atom stereocenters. The smallest absolute Gasteiger partial charge is 0.472 e. The van der Waals surface area contributed by atoms with Gasteiger partial charge in [-0.05, 0) is 44.9 Å². The molecule has 0 amide bonds. The van der Waals surface area contributed by atoms with Crippen molar-refractivity contribution in [2.24, 2.45) is 5.73 Å². The van der Waals surface area contributed by atoms with E-state index in [1.54, 1.807) is 0 Å². The minimum atomic E-state index is -4.64. The first kappa shape index (κ1) is 58.7. The normalized spacial score (nSPS) is 14.3. The molecule has 354 valence electrons. The third-order valence-corrected chi connectivity index (χ3v) is 11.3. The van der Waals surface area contributed by atoms with Crippen molar-refractivity contribution in [1.82, 2.24) is 0 Å². The number of esters is 1. The summed E-state index contributed by atoms with van der Waals surface area (Å²) < 4.78 is 33.3. The Hall–Kier alpha value is -2.33. The largest absolute Gasteiger partial charge is 0.480 e. The molecule has 0 rings (SSSR count). The van der Waals surface area contributed by atoms with E-state index in [0.29, 0.717) is 19.4 Å². The molecule has 0 heterocycles. The van der Waals surface area contributed by atoms with E-state index in [2.05, 4.69) is 68.5 Å². The van der Waals surface area contributed by atoms with Crippen molar-refractivity contribution >= 4 is 19.8 Å². The van der Waals surface area contributed by atoms with Crippen LogP contribution in [0.2, 0.25) is 0 Å². The molecular formula is C50H90NO9P. The lowest BCUT2D eigenvalue weighted by Crippen LogP contribution is -2.34. The van der Waals surface area contributed by atoms with E-state index in [1.165, 1.54) is 122 Å². The van der Waals surface area contributed by atoms with E-state index < -0.39 is 45.1 Å². The summed E-state index contributed by atoms with van der Waals surface area (Å²) in [5.41, 5.74) is 5.36. The van der Waals surface area contributed by atoms with E-state index in [-0.39, 0.29) is 13.0 Å². The third-order valence-electron chi connectivity index (χ3n) is 10.3. The van der Waals surface area contributed by atoms with Crippen molar-refractivity contribution in [3.8, 4) is 0 Å². The highest BCUT2D eigenvalue weighted by Gasteiger charge is 2.27. The number of phosphoric acid groups is 1. The van der Waals surface area contributed by atoms with E-state index in [1.807, 2.05) is 6.08 Å². The van der Waals surface area contributed by atoms with Crippen molar-refractivity contribution in [2.75, 3.05) is 26.4 Å². The first-order valence-corrected chi connectivity index (χ1v) is 25.8. The highest BCUT2D eigenvalue weighted by atomic mass is 31.2. The van der Waals surface area contributed by atoms with Crippen LogP contribution in [0.3, 0.4) is 0 Å². The van der Waals surface area contributed by atoms with E-state index in [9.17, 15) is 19.0 Å². The van der Waals surface area contributed by atoms with Crippen LogP contribution in [-0.4, -0.2) is 60.5 Å². The number of ether oxygens (including phenoxy) is 2. The number of allylic oxidation sites excluding steroid dienone is 9. The third kappa shape index (κ3) is 45.5. The van der Waals surface area contributed by atoms with Gasteiger partial charge in [0.25, 0.3) is 0 Å². The molecule has 4 N–H and O–H groups in total. The summed E-state index contributed by atoms with van der Waals surface area (Å²) >= 11 is 0. The van der Waals surface area contributed by atoms with Gasteiger partial charge in [-0.3, -0.25) is 18.6 Å². The number of carboxylic acid groups (broad SMARTS) is 1. The summed E-state index contributed by atoms with van der Waals surface area (Å²) in [5.74, 6) is -1.81. The van der Waals surface area contributed by atoms with Crippen LogP contribution in [0.15, 0.2) is 60.8 Å². The van der Waals surface area contributed by atoms with Gasteiger partial charge in [0.2, 0.25) is 0 Å². The summed E-state index contributed by atoms with van der Waals surface area (Å²) in [5, 5.41) is 8.91. The van der Waals surface area contributed by atoms with Crippen LogP contribution >= 0.6 is 7.82 Å². The van der Waals surface area contributed by atoms with E-state index in [0.717, 1.165) is 51.4 Å². The fourth-order valence-corrected chi connectivity index (χ4v) is 7.39. The van der Waals surface area contributed by atoms with Crippen LogP contribution in [0, 0.1) is 0 Å². The van der Waals surface area contributed by atoms with Crippen LogP contribution < -0.4 is 5.73 Å². The molecule has 0 aliphatic heterocycles. The second kappa shape index (κ2) is 45.7. The second-order valence-electron chi connectivity index (χ2n) is 16.2. The Labute approximate surface area is 372 Å². The number of phosphoric ester groups is 1. The fraction of sp³-hybridized carbons (Fsp3) is 0.760. The van der Waals surface area contributed by atoms with Gasteiger partial charge in [-0.25, -0.2) is 4.57 Å². The monoisotopic (exact) mass is 880 g/mol. The maximum Gasteiger partial charge on any atom is 0.472 e. The summed E-state index contributed by atoms with van der Waals surface area (Å²) in [6, 6.07) is -1.49. The lowest BCUT2D eigenvalue weighted by Gasteiger charge is -2.20. The minimum Gasteiger partial charge on any atom is -0.480 e. The Bertz CT molecular complexity index is 1200. The molecular weight excluding hydrogens is 790 g/mol. The lowest BCUT2D eigenvalue weighted by molar-refractivity contribution is -0.154. The van der Waals surface area contributed by atoms with Gasteiger partial charge in [-0.15, -0.1) is 0 Å². The van der Waals surface area contributed by atoms with Crippen molar-refractivity contribution in [3.05, 3.63) is 60.8 Å². The molecule has 0 radical (unpaired) electrons. The molecule has 0 bridgehead atoms. The minimum absolute atomic E-state index is 0.0372. The number of aliphatic carboxylic acids is 1. The standard InChI is InChI=1S/C50H90NO9P/c1-3-5-7-9-11-13-15-17-19-21-22-23-24-25-26-27-28-30-32-34-36-38-40-42-49(52)60-47(45-58-61(55,56)59-46-48(51)50(53)54)44-57-43-41-39-37-35-33-31-29-20-18-16-14-12-10-8-6-4-2/h6,8,12,14,18,20,31,33,37,39,47-48H,3-5,7,9-11,13,15-17,19,21-30,32,34-36,38,40-46,51H2,1-2H3,(H,53,54)(H,55,56)/b8-6-,14-12-,20-18-,33-31-,39-37-. The molecule has 0 saturated carbocycles. The van der Waals surface area contributed by atoms with Crippen molar-refractivity contribution in [1.29, 1.82) is 0 Å². The van der Waals surface area contributed by atoms with Gasteiger partial charge in [0.1, 0.15) is 12.1 Å². The maximum atomic E-state index is 12.7. The predicted octanol–water partition coefficient (Wildman–Crippen LogP) is 14.0. The van der Waals surface area contributed by atoms with Crippen LogP contribution in [0.1, 0.15) is 206 Å². The highest BCUT2D eigenvalue weighted by molar-refractivity contribution is 7.47. The maximum absolute atomic E-state index is 12.7. The molecule has 0 aromatic carbocycles. The SMILES string of the molecule is CC/C=C\C/C=C\C/C=C\C/C=C\C/C=C\CCOCC(COP(=O)(O)OCC(N)C(=O)O)OC(=O)CCCCCCCCCCCCCCCCCCCCCCCCC. The number of hydrogen-bond donors (Lipinski definition) is 3. The lowest BCUT2D eigenvalue weighted by atomic mass is 10.0. The molecule has 61 heavy (non-hydrogen) atoms. The molecule has 0 aromatic heterocycles. The van der Waals surface area contributed by atoms with Crippen molar-refractivity contribution in [2.45, 2.75) is 219 Å². The molecule has 0 fully saturated rings. The summed E-state index contributed by atoms with van der Waals surface area (Å²) in [6.45, 7) is 3.57. The number of carbonyl (C=O) groups excluding carboxylic acids is 1. The molecule has 0 aliphatic rings. The number of rotatable bonds is 46. The van der Waals surface area contributed by atoms with Crippen LogP contribution in [0.4, 0.5) is 0 Å². The molecule has 0 spiro atoms. The molecule has 10 nitrogen and oxygen atoms in total. The van der Waals surface area contributed by atoms with Gasteiger partial charge in [0, 0.05) is 6.42 Å². The van der Waals surface area contributed by atoms with Gasteiger partial charge < -0.3 is 25.2 Å². The van der Waals surface area contributed by atoms with Gasteiger partial charge >= 0.3 is 19.8 Å². The van der Waals surface area contributed by atoms with E-state index in [4.69, 9.17) is 29.4 Å². The Morgan fingerprint density at radius 2 is 0.918 bits per heavy atom. The zero-order valence-corrected chi connectivity index (χ0v) is 39.6. The number of hydrogen-bond acceptors (Lipinski definition) is 8. The Kier molecular flexibility index (Phi) is 43.9. The van der Waals surface area contributed by atoms with E-state index >= 15 is 0 Å².